The van der Waals surface area contributed by atoms with E-state index >= 15 is 0 Å². The Labute approximate surface area is 151 Å². The number of carbonyl (C=O) groups is 1. The fraction of sp³-hybridized carbons (Fsp3) is 0.143. The second-order valence-electron chi connectivity index (χ2n) is 5.71. The molecule has 1 heterocycles. The zero-order chi connectivity index (χ0) is 17.6. The molecule has 1 N–H and O–H groups in total. The largest absolute Gasteiger partial charge is 0.340 e. The Morgan fingerprint density at radius 1 is 1.16 bits per heavy atom. The van der Waals surface area contributed by atoms with Gasteiger partial charge in [-0.1, -0.05) is 43.3 Å². The van der Waals surface area contributed by atoms with Gasteiger partial charge >= 0.3 is 0 Å². The van der Waals surface area contributed by atoms with Gasteiger partial charge < -0.3 is 5.32 Å². The molecule has 0 aliphatic carbocycles. The van der Waals surface area contributed by atoms with Gasteiger partial charge in [-0.15, -0.1) is 11.3 Å². The normalized spacial score (nSPS) is 11.5. The fourth-order valence-corrected chi connectivity index (χ4v) is 3.47. The molecule has 1 amide bonds. The van der Waals surface area contributed by atoms with Gasteiger partial charge in [-0.3, -0.25) is 4.79 Å². The summed E-state index contributed by atoms with van der Waals surface area (Å²) in [5.41, 5.74) is 3.28. The van der Waals surface area contributed by atoms with Crippen LogP contribution in [0.3, 0.4) is 0 Å². The lowest BCUT2D eigenvalue weighted by Crippen LogP contribution is -2.28. The Balaban J connectivity index is 1.90. The first-order valence-corrected chi connectivity index (χ1v) is 9.02. The highest BCUT2D eigenvalue weighted by Crippen LogP contribution is 2.27. The van der Waals surface area contributed by atoms with E-state index in [-0.39, 0.29) is 11.9 Å². The third-order valence-corrected chi connectivity index (χ3v) is 5.02. The Kier molecular flexibility index (Phi) is 5.27. The minimum Gasteiger partial charge on any atom is -0.340 e. The topological polar surface area (TPSA) is 52.9 Å². The van der Waals surface area contributed by atoms with Crippen LogP contribution in [0.2, 0.25) is 0 Å². The Bertz CT molecular complexity index is 892. The van der Waals surface area contributed by atoms with Gasteiger partial charge in [0.25, 0.3) is 5.91 Å². The second kappa shape index (κ2) is 7.78. The number of benzene rings is 2. The van der Waals surface area contributed by atoms with Crippen molar-refractivity contribution in [1.82, 2.24) is 5.32 Å². The van der Waals surface area contributed by atoms with Gasteiger partial charge in [0.1, 0.15) is 0 Å². The zero-order valence-corrected chi connectivity index (χ0v) is 14.7. The first-order chi connectivity index (χ1) is 12.2. The minimum atomic E-state index is -0.204. The van der Waals surface area contributed by atoms with Crippen LogP contribution >= 0.6 is 11.3 Å². The van der Waals surface area contributed by atoms with Crippen LogP contribution in [0.25, 0.3) is 0 Å². The second-order valence-corrected chi connectivity index (χ2v) is 6.69. The molecular formula is C21H18N2OS. The van der Waals surface area contributed by atoms with Crippen LogP contribution in [-0.2, 0) is 6.42 Å². The molecule has 0 saturated carbocycles. The van der Waals surface area contributed by atoms with Crippen molar-refractivity contribution in [2.45, 2.75) is 19.4 Å². The van der Waals surface area contributed by atoms with Crippen molar-refractivity contribution in [3.63, 3.8) is 0 Å². The van der Waals surface area contributed by atoms with E-state index in [2.05, 4.69) is 42.6 Å². The maximum Gasteiger partial charge on any atom is 0.252 e. The van der Waals surface area contributed by atoms with E-state index in [4.69, 9.17) is 5.26 Å². The van der Waals surface area contributed by atoms with Crippen LogP contribution in [0.15, 0.2) is 66.0 Å². The lowest BCUT2D eigenvalue weighted by atomic mass is 10.0. The van der Waals surface area contributed by atoms with Crippen LogP contribution in [0.5, 0.6) is 0 Å². The molecule has 0 spiro atoms. The molecule has 124 valence electrons. The summed E-state index contributed by atoms with van der Waals surface area (Å²) in [6, 6.07) is 20.9. The molecule has 3 rings (SSSR count). The average Bonchev–Trinajstić information content (AvgIpc) is 3.20. The van der Waals surface area contributed by atoms with Gasteiger partial charge in [0.15, 0.2) is 0 Å². The average molecular weight is 346 g/mol. The maximum atomic E-state index is 12.7. The molecule has 0 fully saturated rings. The van der Waals surface area contributed by atoms with E-state index in [1.165, 1.54) is 5.56 Å². The van der Waals surface area contributed by atoms with Gasteiger partial charge in [0.05, 0.1) is 17.7 Å². The number of rotatable bonds is 5. The quantitative estimate of drug-likeness (QED) is 0.728. The van der Waals surface area contributed by atoms with Crippen LogP contribution in [-0.4, -0.2) is 5.91 Å². The van der Waals surface area contributed by atoms with E-state index in [1.807, 2.05) is 17.5 Å². The highest BCUT2D eigenvalue weighted by Gasteiger charge is 2.19. The number of hydrogen-bond acceptors (Lipinski definition) is 3. The Morgan fingerprint density at radius 3 is 2.60 bits per heavy atom. The lowest BCUT2D eigenvalue weighted by molar-refractivity contribution is 0.0943. The summed E-state index contributed by atoms with van der Waals surface area (Å²) in [7, 11) is 0. The molecule has 3 nitrogen and oxygen atoms in total. The predicted molar refractivity (Wildman–Crippen MR) is 101 cm³/mol. The summed E-state index contributed by atoms with van der Waals surface area (Å²) in [5.74, 6) is -0.185. The first-order valence-electron chi connectivity index (χ1n) is 8.14. The number of nitrogens with one attached hydrogen (secondary N) is 1. The summed E-state index contributed by atoms with van der Waals surface area (Å²) in [6.45, 7) is 2.12. The molecule has 25 heavy (non-hydrogen) atoms. The van der Waals surface area contributed by atoms with Gasteiger partial charge in [-0.05, 0) is 47.2 Å². The third-order valence-electron chi connectivity index (χ3n) is 4.08. The molecule has 0 saturated heterocycles. The monoisotopic (exact) mass is 346 g/mol. The lowest BCUT2D eigenvalue weighted by Gasteiger charge is -2.18. The van der Waals surface area contributed by atoms with Crippen molar-refractivity contribution in [2.24, 2.45) is 0 Å². The van der Waals surface area contributed by atoms with E-state index in [9.17, 15) is 4.79 Å². The van der Waals surface area contributed by atoms with Crippen LogP contribution in [0, 0.1) is 11.3 Å². The number of carbonyl (C=O) groups excluding carboxylic acids is 1. The van der Waals surface area contributed by atoms with Gasteiger partial charge in [-0.2, -0.15) is 5.26 Å². The highest BCUT2D eigenvalue weighted by atomic mass is 32.1. The van der Waals surface area contributed by atoms with Crippen molar-refractivity contribution in [3.05, 3.63) is 93.2 Å². The van der Waals surface area contributed by atoms with Crippen molar-refractivity contribution < 1.29 is 4.79 Å². The molecule has 3 aromatic rings. The van der Waals surface area contributed by atoms with Crippen LogP contribution in [0.1, 0.15) is 44.9 Å². The molecule has 0 aliphatic heterocycles. The smallest absolute Gasteiger partial charge is 0.252 e. The molecule has 4 heteroatoms. The fourth-order valence-electron chi connectivity index (χ4n) is 2.66. The highest BCUT2D eigenvalue weighted by molar-refractivity contribution is 7.10. The molecule has 0 bridgehead atoms. The number of nitrogens with zero attached hydrogens (tertiary/aromatic N) is 1. The zero-order valence-electron chi connectivity index (χ0n) is 13.9. The van der Waals surface area contributed by atoms with Crippen LogP contribution in [0.4, 0.5) is 0 Å². The summed E-state index contributed by atoms with van der Waals surface area (Å²) in [5, 5.41) is 14.1. The summed E-state index contributed by atoms with van der Waals surface area (Å²) in [4.78, 5) is 13.8. The number of amides is 1. The predicted octanol–water partition coefficient (Wildman–Crippen LogP) is 4.70. The SMILES string of the molecule is CCc1ccc(C(NC(=O)c2cccc(C#N)c2)c2cccs2)cc1. The molecule has 0 radical (unpaired) electrons. The minimum absolute atomic E-state index is 0.185. The maximum absolute atomic E-state index is 12.7. The summed E-state index contributed by atoms with van der Waals surface area (Å²) < 4.78 is 0. The molecule has 1 atom stereocenters. The van der Waals surface area contributed by atoms with Crippen molar-refractivity contribution >= 4 is 17.2 Å². The van der Waals surface area contributed by atoms with Gasteiger partial charge in [0, 0.05) is 10.4 Å². The van der Waals surface area contributed by atoms with E-state index in [1.54, 1.807) is 35.6 Å². The number of aryl methyl sites for hydroxylation is 1. The van der Waals surface area contributed by atoms with Gasteiger partial charge in [-0.25, -0.2) is 0 Å². The molecule has 0 aliphatic rings. The van der Waals surface area contributed by atoms with Crippen molar-refractivity contribution in [2.75, 3.05) is 0 Å². The third kappa shape index (κ3) is 3.96. The Hall–Kier alpha value is -2.90. The van der Waals surface area contributed by atoms with Gasteiger partial charge in [0.2, 0.25) is 0 Å². The summed E-state index contributed by atoms with van der Waals surface area (Å²) >= 11 is 1.61. The molecular weight excluding hydrogens is 328 g/mol. The van der Waals surface area contributed by atoms with E-state index < -0.39 is 0 Å². The number of thiophene rings is 1. The molecule has 1 unspecified atom stereocenters. The van der Waals surface area contributed by atoms with Crippen molar-refractivity contribution in [1.29, 1.82) is 5.26 Å². The van der Waals surface area contributed by atoms with Crippen LogP contribution < -0.4 is 5.32 Å². The van der Waals surface area contributed by atoms with Crippen molar-refractivity contribution in [3.8, 4) is 6.07 Å². The Morgan fingerprint density at radius 2 is 1.96 bits per heavy atom. The standard InChI is InChI=1S/C21H18N2OS/c1-2-15-8-10-17(11-9-15)20(19-7-4-12-25-19)23-21(24)18-6-3-5-16(13-18)14-22/h3-13,20H,2H2,1H3,(H,23,24). The number of nitriles is 1. The molecule has 2 aromatic carbocycles. The van der Waals surface area contributed by atoms with E-state index in [0.717, 1.165) is 16.9 Å². The number of hydrogen-bond donors (Lipinski definition) is 1. The molecule has 1 aromatic heterocycles. The first kappa shape index (κ1) is 16.9. The van der Waals surface area contributed by atoms with E-state index in [0.29, 0.717) is 11.1 Å². The summed E-state index contributed by atoms with van der Waals surface area (Å²) in [6.07, 6.45) is 0.983.